The van der Waals surface area contributed by atoms with Crippen molar-refractivity contribution in [3.8, 4) is 17.2 Å². The van der Waals surface area contributed by atoms with Crippen molar-refractivity contribution in [2.45, 2.75) is 24.7 Å². The number of nitrogens with zero attached hydrogens (tertiary/aromatic N) is 1. The van der Waals surface area contributed by atoms with Crippen molar-refractivity contribution < 1.29 is 32.2 Å². The second kappa shape index (κ2) is 9.92. The van der Waals surface area contributed by atoms with Crippen molar-refractivity contribution >= 4 is 44.8 Å². The average Bonchev–Trinajstić information content (AvgIpc) is 2.83. The monoisotopic (exact) mass is 523 g/mol. The van der Waals surface area contributed by atoms with Crippen molar-refractivity contribution in [1.82, 2.24) is 4.31 Å². The molecular formula is C23H26ClN3O7S. The Bertz CT molecular complexity index is 1270. The first-order valence-corrected chi connectivity index (χ1v) is 12.8. The number of carbonyl (C=O) groups is 2. The van der Waals surface area contributed by atoms with Gasteiger partial charge in [0.15, 0.2) is 6.61 Å². The number of amides is 2. The maximum atomic E-state index is 13.3. The maximum absolute atomic E-state index is 13.3. The number of benzene rings is 2. The number of aryl methyl sites for hydroxylation is 1. The molecule has 2 aliphatic rings. The SMILES string of the molecule is COc1cc(OC)c(NC(=O)C2CCN(S(=O)(=O)c3cc4c(cc3C)NC(=O)CO4)CC2)cc1Cl. The maximum Gasteiger partial charge on any atom is 0.262 e. The first-order chi connectivity index (χ1) is 16.6. The van der Waals surface area contributed by atoms with E-state index in [0.717, 1.165) is 0 Å². The van der Waals surface area contributed by atoms with Crippen LogP contribution in [0.4, 0.5) is 11.4 Å². The van der Waals surface area contributed by atoms with Crippen LogP contribution in [0.15, 0.2) is 29.2 Å². The van der Waals surface area contributed by atoms with E-state index in [4.69, 9.17) is 25.8 Å². The van der Waals surface area contributed by atoms with Gasteiger partial charge in [-0.25, -0.2) is 8.42 Å². The topological polar surface area (TPSA) is 123 Å². The second-order valence-electron chi connectivity index (χ2n) is 8.31. The highest BCUT2D eigenvalue weighted by Crippen LogP contribution is 2.37. The van der Waals surface area contributed by atoms with Crippen LogP contribution < -0.4 is 24.8 Å². The molecule has 1 saturated heterocycles. The zero-order valence-corrected chi connectivity index (χ0v) is 21.1. The predicted octanol–water partition coefficient (Wildman–Crippen LogP) is 3.04. The van der Waals surface area contributed by atoms with Crippen molar-refractivity contribution in [2.24, 2.45) is 5.92 Å². The summed E-state index contributed by atoms with van der Waals surface area (Å²) in [5.41, 5.74) is 1.36. The lowest BCUT2D eigenvalue weighted by molar-refractivity contribution is -0.121. The van der Waals surface area contributed by atoms with E-state index in [0.29, 0.717) is 52.1 Å². The number of carbonyl (C=O) groups excluding carboxylic acids is 2. The lowest BCUT2D eigenvalue weighted by Gasteiger charge is -2.31. The molecule has 0 aliphatic carbocycles. The van der Waals surface area contributed by atoms with E-state index in [1.165, 1.54) is 24.6 Å². The summed E-state index contributed by atoms with van der Waals surface area (Å²) in [7, 11) is -0.855. The van der Waals surface area contributed by atoms with Gasteiger partial charge in [0.1, 0.15) is 17.2 Å². The third kappa shape index (κ3) is 5.02. The Morgan fingerprint density at radius 1 is 1.14 bits per heavy atom. The molecule has 0 spiro atoms. The number of hydrogen-bond acceptors (Lipinski definition) is 7. The summed E-state index contributed by atoms with van der Waals surface area (Å²) in [5, 5.41) is 5.83. The molecule has 10 nitrogen and oxygen atoms in total. The zero-order valence-electron chi connectivity index (χ0n) is 19.5. The molecule has 0 aromatic heterocycles. The highest BCUT2D eigenvalue weighted by molar-refractivity contribution is 7.89. The van der Waals surface area contributed by atoms with Gasteiger partial charge >= 0.3 is 0 Å². The molecule has 2 aliphatic heterocycles. The number of fused-ring (bicyclic) bond motifs is 1. The number of anilines is 2. The fourth-order valence-electron chi connectivity index (χ4n) is 4.18. The van der Waals surface area contributed by atoms with Gasteiger partial charge in [-0.05, 0) is 37.5 Å². The normalized spacial score (nSPS) is 16.6. The molecule has 0 bridgehead atoms. The minimum absolute atomic E-state index is 0.118. The van der Waals surface area contributed by atoms with Gasteiger partial charge in [-0.2, -0.15) is 4.31 Å². The van der Waals surface area contributed by atoms with E-state index in [1.807, 2.05) is 0 Å². The molecule has 188 valence electrons. The van der Waals surface area contributed by atoms with Gasteiger partial charge in [-0.1, -0.05) is 11.6 Å². The van der Waals surface area contributed by atoms with Crippen LogP contribution in [-0.2, 0) is 19.6 Å². The van der Waals surface area contributed by atoms with E-state index in [-0.39, 0.29) is 42.3 Å². The van der Waals surface area contributed by atoms with Crippen molar-refractivity contribution in [2.75, 3.05) is 44.5 Å². The van der Waals surface area contributed by atoms with Crippen molar-refractivity contribution in [3.63, 3.8) is 0 Å². The summed E-state index contributed by atoms with van der Waals surface area (Å²) < 4.78 is 43.9. The van der Waals surface area contributed by atoms with E-state index in [1.54, 1.807) is 25.1 Å². The molecule has 0 atom stereocenters. The number of hydrogen-bond donors (Lipinski definition) is 2. The summed E-state index contributed by atoms with van der Waals surface area (Å²) in [5.74, 6) is 0.231. The molecule has 35 heavy (non-hydrogen) atoms. The Hall–Kier alpha value is -3.02. The van der Waals surface area contributed by atoms with Gasteiger partial charge in [0.2, 0.25) is 15.9 Å². The number of halogens is 1. The van der Waals surface area contributed by atoms with E-state index < -0.39 is 10.0 Å². The standard InChI is InChI=1S/C23H26ClN3O7S/c1-13-8-16-20(34-12-22(28)25-16)11-21(13)35(30,31)27-6-4-14(5-7-27)23(29)26-17-9-15(24)18(32-2)10-19(17)33-3/h8-11,14H,4-7,12H2,1-3H3,(H,25,28)(H,26,29). The molecule has 1 fully saturated rings. The summed E-state index contributed by atoms with van der Waals surface area (Å²) in [6.07, 6.45) is 0.710. The third-order valence-corrected chi connectivity index (χ3v) is 8.42. The predicted molar refractivity (Wildman–Crippen MR) is 130 cm³/mol. The van der Waals surface area contributed by atoms with Crippen LogP contribution in [0.25, 0.3) is 0 Å². The summed E-state index contributed by atoms with van der Waals surface area (Å²) in [6, 6.07) is 6.17. The number of piperidine rings is 1. The third-order valence-electron chi connectivity index (χ3n) is 6.08. The molecule has 0 unspecified atom stereocenters. The van der Waals surface area contributed by atoms with Crippen molar-refractivity contribution in [1.29, 1.82) is 0 Å². The van der Waals surface area contributed by atoms with E-state index in [9.17, 15) is 18.0 Å². The molecular weight excluding hydrogens is 498 g/mol. The molecule has 12 heteroatoms. The number of sulfonamides is 1. The van der Waals surface area contributed by atoms with E-state index in [2.05, 4.69) is 10.6 Å². The Morgan fingerprint density at radius 3 is 2.49 bits per heavy atom. The van der Waals surface area contributed by atoms with Gasteiger partial charge < -0.3 is 24.8 Å². The van der Waals surface area contributed by atoms with Gasteiger partial charge in [0.25, 0.3) is 5.91 Å². The van der Waals surface area contributed by atoms with Gasteiger partial charge in [0.05, 0.1) is 35.5 Å². The fraction of sp³-hybridized carbons (Fsp3) is 0.391. The number of rotatable bonds is 6. The van der Waals surface area contributed by atoms with E-state index >= 15 is 0 Å². The lowest BCUT2D eigenvalue weighted by atomic mass is 9.97. The number of nitrogens with one attached hydrogen (secondary N) is 2. The molecule has 4 rings (SSSR count). The summed E-state index contributed by atoms with van der Waals surface area (Å²) >= 11 is 6.18. The average molecular weight is 524 g/mol. The smallest absolute Gasteiger partial charge is 0.262 e. The number of ether oxygens (including phenoxy) is 3. The lowest BCUT2D eigenvalue weighted by Crippen LogP contribution is -2.41. The molecule has 2 aromatic carbocycles. The summed E-state index contributed by atoms with van der Waals surface area (Å²) in [4.78, 5) is 24.6. The Labute approximate surface area is 208 Å². The van der Waals surface area contributed by atoms with Crippen molar-refractivity contribution in [3.05, 3.63) is 34.9 Å². The Morgan fingerprint density at radius 2 is 1.83 bits per heavy atom. The number of methoxy groups -OCH3 is 2. The fourth-order valence-corrected chi connectivity index (χ4v) is 6.12. The van der Waals surface area contributed by atoms with Crippen LogP contribution in [0.1, 0.15) is 18.4 Å². The first kappa shape index (κ1) is 25.1. The van der Waals surface area contributed by atoms with Crippen LogP contribution in [0.3, 0.4) is 0 Å². The molecule has 2 amide bonds. The molecule has 2 aromatic rings. The molecule has 0 saturated carbocycles. The second-order valence-corrected chi connectivity index (χ2v) is 10.6. The highest BCUT2D eigenvalue weighted by Gasteiger charge is 2.34. The van der Waals surface area contributed by atoms with Crippen LogP contribution in [0.5, 0.6) is 17.2 Å². The molecule has 0 radical (unpaired) electrons. The van der Waals surface area contributed by atoms with Crippen LogP contribution >= 0.6 is 11.6 Å². The van der Waals surface area contributed by atoms with Gasteiger partial charge in [-0.3, -0.25) is 9.59 Å². The Kier molecular flexibility index (Phi) is 7.11. The molecule has 2 N–H and O–H groups in total. The van der Waals surface area contributed by atoms with Crippen LogP contribution in [-0.4, -0.2) is 58.5 Å². The molecule has 2 heterocycles. The van der Waals surface area contributed by atoms with Gasteiger partial charge in [-0.15, -0.1) is 0 Å². The van der Waals surface area contributed by atoms with Crippen LogP contribution in [0.2, 0.25) is 5.02 Å². The Balaban J connectivity index is 1.45. The van der Waals surface area contributed by atoms with Gasteiger partial charge in [0, 0.05) is 31.1 Å². The first-order valence-electron chi connectivity index (χ1n) is 10.9. The largest absolute Gasteiger partial charge is 0.495 e. The minimum atomic E-state index is -3.81. The highest BCUT2D eigenvalue weighted by atomic mass is 35.5. The minimum Gasteiger partial charge on any atom is -0.495 e. The van der Waals surface area contributed by atoms with Crippen LogP contribution in [0, 0.1) is 12.8 Å². The zero-order chi connectivity index (χ0) is 25.3. The summed E-state index contributed by atoms with van der Waals surface area (Å²) in [6.45, 7) is 1.88. The quantitative estimate of drug-likeness (QED) is 0.596.